The first-order valence-corrected chi connectivity index (χ1v) is 12.2. The molecule has 15 heteroatoms. The summed E-state index contributed by atoms with van der Waals surface area (Å²) < 4.78 is 77.1. The zero-order valence-electron chi connectivity index (χ0n) is 19.0. The van der Waals surface area contributed by atoms with Gasteiger partial charge in [-0.05, 0) is 41.5 Å². The van der Waals surface area contributed by atoms with Crippen molar-refractivity contribution in [1.29, 1.82) is 0 Å². The monoisotopic (exact) mass is 484 g/mol. The maximum absolute atomic E-state index is 12.9. The van der Waals surface area contributed by atoms with Crippen LogP contribution in [0.15, 0.2) is 0 Å². The maximum Gasteiger partial charge on any atom is 1.00 e. The van der Waals surface area contributed by atoms with E-state index in [0.717, 1.165) is 0 Å². The zero-order valence-corrected chi connectivity index (χ0v) is 20.7. The van der Waals surface area contributed by atoms with E-state index in [1.807, 2.05) is 0 Å². The average molecular weight is 484 g/mol. The van der Waals surface area contributed by atoms with Gasteiger partial charge >= 0.3 is 27.0 Å². The van der Waals surface area contributed by atoms with Gasteiger partial charge < -0.3 is 28.4 Å². The predicted molar refractivity (Wildman–Crippen MR) is 99.4 cm³/mol. The van der Waals surface area contributed by atoms with Gasteiger partial charge in [-0.25, -0.2) is 8.42 Å². The van der Waals surface area contributed by atoms with Crippen LogP contribution in [0.25, 0.3) is 0 Å². The Morgan fingerprint density at radius 1 is 1.06 bits per heavy atom. The Kier molecular flexibility index (Phi) is 10.8. The molecule has 2 aliphatic heterocycles. The van der Waals surface area contributed by atoms with Crippen molar-refractivity contribution < 1.29 is 73.4 Å². The smallest absolute Gasteiger partial charge is 0.726 e. The quantitative estimate of drug-likeness (QED) is 0.141. The van der Waals surface area contributed by atoms with Crippen molar-refractivity contribution in [3.8, 4) is 0 Å². The van der Waals surface area contributed by atoms with Crippen LogP contribution in [0.3, 0.4) is 0 Å². The van der Waals surface area contributed by atoms with E-state index >= 15 is 0 Å². The molecule has 31 heavy (non-hydrogen) atoms. The van der Waals surface area contributed by atoms with E-state index < -0.39 is 73.9 Å². The summed E-state index contributed by atoms with van der Waals surface area (Å²) in [5.74, 6) is -1.11. The number of phosphoric ester groups is 1. The fourth-order valence-electron chi connectivity index (χ4n) is 3.16. The molecular formula is C16H30LiO12PS. The Morgan fingerprint density at radius 2 is 1.58 bits per heavy atom. The molecule has 0 aromatic rings. The first-order valence-electron chi connectivity index (χ1n) is 9.44. The molecular weight excluding hydrogens is 454 g/mol. The van der Waals surface area contributed by atoms with Crippen LogP contribution >= 0.6 is 8.17 Å². The van der Waals surface area contributed by atoms with E-state index in [1.165, 1.54) is 7.11 Å². The molecule has 2 aliphatic rings. The molecule has 2 fully saturated rings. The van der Waals surface area contributed by atoms with Crippen molar-refractivity contribution in [3.05, 3.63) is 0 Å². The Hall–Kier alpha value is 0.577. The van der Waals surface area contributed by atoms with Gasteiger partial charge in [-0.3, -0.25) is 4.18 Å². The number of hydrogen-bond donors (Lipinski definition) is 0. The number of hydrogen-bond acceptors (Lipinski definition) is 12. The molecule has 0 aromatic heterocycles. The summed E-state index contributed by atoms with van der Waals surface area (Å²) in [6, 6.07) is 0. The second-order valence-corrected chi connectivity index (χ2v) is 10.4. The molecule has 0 amide bonds. The van der Waals surface area contributed by atoms with Crippen molar-refractivity contribution in [2.45, 2.75) is 90.2 Å². The van der Waals surface area contributed by atoms with Crippen LogP contribution in [0.5, 0.6) is 0 Å². The fourth-order valence-corrected chi connectivity index (χ4v) is 5.20. The summed E-state index contributed by atoms with van der Waals surface area (Å²) in [5.41, 5.74) is 0. The first-order chi connectivity index (χ1) is 13.6. The minimum absolute atomic E-state index is 0. The van der Waals surface area contributed by atoms with Gasteiger partial charge in [0.05, 0.1) is 0 Å². The maximum atomic E-state index is 12.9. The Labute approximate surface area is 195 Å². The molecule has 0 radical (unpaired) electrons. The van der Waals surface area contributed by atoms with E-state index in [0.29, 0.717) is 0 Å². The molecule has 0 saturated carbocycles. The van der Waals surface area contributed by atoms with E-state index in [4.69, 9.17) is 36.7 Å². The molecule has 0 unspecified atom stereocenters. The SMILES string of the molecule is CO[C@H]1O[C@H](CO[P+]([O-])(OC(C)C)OC(C)C)[C@@H](OS(=O)(=O)[O-])[C@@H]2OC(C)(C)O[C@H]12.[Li+]. The molecule has 2 saturated heterocycles. The molecule has 0 bridgehead atoms. The third kappa shape index (κ3) is 8.70. The molecule has 2 heterocycles. The van der Waals surface area contributed by atoms with Crippen LogP contribution in [0.1, 0.15) is 41.5 Å². The summed E-state index contributed by atoms with van der Waals surface area (Å²) in [6.07, 6.45) is -6.55. The molecule has 5 atom stereocenters. The van der Waals surface area contributed by atoms with Crippen LogP contribution in [0.2, 0.25) is 0 Å². The number of fused-ring (bicyclic) bond motifs is 1. The van der Waals surface area contributed by atoms with Crippen molar-refractivity contribution in [3.63, 3.8) is 0 Å². The summed E-state index contributed by atoms with van der Waals surface area (Å²) in [4.78, 5) is 12.9. The normalized spacial score (nSPS) is 31.0. The first kappa shape index (κ1) is 29.6. The van der Waals surface area contributed by atoms with Crippen LogP contribution < -0.4 is 23.8 Å². The number of rotatable bonds is 10. The molecule has 0 N–H and O–H groups in total. The van der Waals surface area contributed by atoms with Crippen LogP contribution in [0, 0.1) is 0 Å². The Morgan fingerprint density at radius 3 is 2.03 bits per heavy atom. The Balaban J connectivity index is 0.00000480. The second kappa shape index (κ2) is 11.3. The summed E-state index contributed by atoms with van der Waals surface area (Å²) in [7, 11) is -7.82. The van der Waals surface area contributed by atoms with Gasteiger partial charge in [0.25, 0.3) is 0 Å². The minimum atomic E-state index is -5.14. The molecule has 2 rings (SSSR count). The van der Waals surface area contributed by atoms with Gasteiger partial charge in [-0.15, -0.1) is 0 Å². The van der Waals surface area contributed by atoms with E-state index in [2.05, 4.69) is 0 Å². The molecule has 0 spiro atoms. The number of methoxy groups -OCH3 is 1. The largest absolute Gasteiger partial charge is 1.00 e. The molecule has 12 nitrogen and oxygen atoms in total. The van der Waals surface area contributed by atoms with E-state index in [-0.39, 0.29) is 18.9 Å². The minimum Gasteiger partial charge on any atom is -0.726 e. The standard InChI is InChI=1S/C16H31O12PS.Li/c1-9(2)26-29(17,27-10(3)4)22-8-11-12(28-30(18,19)20)13-14(15(21-7)23-11)25-16(5,6)24-13;/h9-15H,8H2,1-7H3,(H,18,19,20);/q;+1/p-1/t11-,12-,13+,14+,15+;/m1./s1. The predicted octanol–water partition coefficient (Wildman–Crippen LogP) is -2.37. The summed E-state index contributed by atoms with van der Waals surface area (Å²) in [6.45, 7) is 9.28. The molecule has 0 aromatic carbocycles. The van der Waals surface area contributed by atoms with Crippen LogP contribution in [-0.2, 0) is 47.1 Å². The third-order valence-electron chi connectivity index (χ3n) is 3.97. The van der Waals surface area contributed by atoms with E-state index in [1.54, 1.807) is 41.5 Å². The summed E-state index contributed by atoms with van der Waals surface area (Å²) in [5, 5.41) is 0. The number of ether oxygens (including phenoxy) is 4. The van der Waals surface area contributed by atoms with Gasteiger partial charge in [0.2, 0.25) is 10.4 Å². The molecule has 178 valence electrons. The topological polar surface area (TPSA) is 154 Å². The zero-order chi connectivity index (χ0) is 22.9. The van der Waals surface area contributed by atoms with Crippen molar-refractivity contribution in [2.75, 3.05) is 13.7 Å². The second-order valence-electron chi connectivity index (χ2n) is 7.86. The van der Waals surface area contributed by atoms with Crippen LogP contribution in [-0.4, -0.2) is 75.4 Å². The Bertz CT molecular complexity index is 666. The van der Waals surface area contributed by atoms with Gasteiger partial charge in [0.1, 0.15) is 43.2 Å². The van der Waals surface area contributed by atoms with Gasteiger partial charge in [0.15, 0.2) is 12.1 Å². The third-order valence-corrected chi connectivity index (χ3v) is 6.25. The van der Waals surface area contributed by atoms with E-state index in [9.17, 15) is 17.9 Å². The number of phosphoric acid groups is 1. The van der Waals surface area contributed by atoms with Crippen molar-refractivity contribution in [2.24, 2.45) is 0 Å². The van der Waals surface area contributed by atoms with Gasteiger partial charge in [-0.2, -0.15) is 13.6 Å². The van der Waals surface area contributed by atoms with Crippen molar-refractivity contribution in [1.82, 2.24) is 0 Å². The average Bonchev–Trinajstić information content (AvgIpc) is 2.86. The van der Waals surface area contributed by atoms with Crippen LogP contribution in [0.4, 0.5) is 0 Å². The summed E-state index contributed by atoms with van der Waals surface area (Å²) >= 11 is 0. The fraction of sp³-hybridized carbons (Fsp3) is 1.00. The molecule has 0 aliphatic carbocycles. The van der Waals surface area contributed by atoms with Crippen molar-refractivity contribution >= 4 is 18.6 Å². The van der Waals surface area contributed by atoms with Gasteiger partial charge in [0, 0.05) is 7.11 Å². The van der Waals surface area contributed by atoms with Gasteiger partial charge in [-0.1, -0.05) is 0 Å².